The number of hydrogen-bond acceptors (Lipinski definition) is 3. The minimum absolute atomic E-state index is 0.122. The zero-order valence-corrected chi connectivity index (χ0v) is 50.2. The monoisotopic (exact) mass is 917 g/mol. The molecule has 3 aliphatic carbocycles. The highest BCUT2D eigenvalue weighted by atomic mass is 15.3. The van der Waals surface area contributed by atoms with Gasteiger partial charge in [0.1, 0.15) is 5.82 Å². The first-order chi connectivity index (χ1) is 29.1. The van der Waals surface area contributed by atoms with E-state index >= 15 is 0 Å². The SMILES string of the molecule is CC(C)(C)C1=CCCC1C(C)(C)C.CC(C)(C)C1=CCCC1C(C)(C)C.CC(C)(C)C1C2C=CC(C2)N1C(C)(C)C.CC(C)(C)C1CCN1C(C)(C)C.CC(C)(C)c1nccn1C(C)(C)C. The van der Waals surface area contributed by atoms with Crippen molar-refractivity contribution in [3.05, 3.63) is 53.7 Å². The lowest BCUT2D eigenvalue weighted by Gasteiger charge is -2.55. The molecule has 0 N–H and O–H groups in total. The zero-order valence-electron chi connectivity index (χ0n) is 50.2. The first-order valence-electron chi connectivity index (χ1n) is 26.8. The van der Waals surface area contributed by atoms with Gasteiger partial charge >= 0.3 is 0 Å². The predicted molar refractivity (Wildman–Crippen MR) is 296 cm³/mol. The molecule has 2 bridgehead atoms. The molecule has 6 rings (SSSR count). The highest BCUT2D eigenvalue weighted by Crippen LogP contribution is 2.50. The van der Waals surface area contributed by atoms with Crippen molar-refractivity contribution in [2.75, 3.05) is 6.54 Å². The molecule has 5 aliphatic rings. The molecule has 4 heteroatoms. The van der Waals surface area contributed by atoms with Crippen LogP contribution in [-0.4, -0.2) is 55.1 Å². The smallest absolute Gasteiger partial charge is 0.114 e. The van der Waals surface area contributed by atoms with Crippen LogP contribution in [0.2, 0.25) is 0 Å². The Hall–Kier alpha value is -1.65. The standard InChI is InChI=1S/C14H25N.2C13H24.C11H20N2.C11H23N/c1-13(2,3)12-10-7-8-11(9-10)15(12)14(4,5)6;2*1-12(2,3)10-8-7-9-11(10)13(4,5)6;1-10(2,3)9-12-7-8-13(9)11(4,5)6;1-10(2,3)9-7-8-12(9)11(4,5)6/h7-8,10-12H,9H2,1-6H3;2*8,11H,7,9H2,1-6H3;7-8H,1-6H3;9H,7-8H2,1-6H3. The van der Waals surface area contributed by atoms with E-state index in [0.717, 1.165) is 29.6 Å². The van der Waals surface area contributed by atoms with Gasteiger partial charge in [0.25, 0.3) is 0 Å². The van der Waals surface area contributed by atoms with Crippen molar-refractivity contribution in [3.63, 3.8) is 0 Å². The molecule has 1 aromatic heterocycles. The van der Waals surface area contributed by atoms with Gasteiger partial charge in [-0.3, -0.25) is 9.80 Å². The third kappa shape index (κ3) is 16.8. The molecule has 66 heavy (non-hydrogen) atoms. The summed E-state index contributed by atoms with van der Waals surface area (Å²) in [6, 6.07) is 2.20. The second-order valence-corrected chi connectivity index (χ2v) is 31.6. The Labute approximate surface area is 414 Å². The van der Waals surface area contributed by atoms with Crippen LogP contribution >= 0.6 is 0 Å². The van der Waals surface area contributed by atoms with Gasteiger partial charge in [-0.15, -0.1) is 0 Å². The average molecular weight is 918 g/mol. The van der Waals surface area contributed by atoms with Gasteiger partial charge in [0.2, 0.25) is 0 Å². The van der Waals surface area contributed by atoms with E-state index in [1.165, 1.54) is 45.1 Å². The summed E-state index contributed by atoms with van der Waals surface area (Å²) in [5.74, 6) is 3.54. The number of likely N-dealkylation sites (tertiary alicyclic amines) is 2. The van der Waals surface area contributed by atoms with Gasteiger partial charge in [-0.2, -0.15) is 0 Å². The molecule has 0 amide bonds. The molecule has 0 aromatic carbocycles. The van der Waals surface area contributed by atoms with E-state index < -0.39 is 0 Å². The number of hydrogen-bond donors (Lipinski definition) is 0. The Kier molecular flexibility index (Phi) is 19.2. The van der Waals surface area contributed by atoms with Crippen molar-refractivity contribution in [1.29, 1.82) is 0 Å². The van der Waals surface area contributed by atoms with E-state index in [0.29, 0.717) is 55.7 Å². The summed E-state index contributed by atoms with van der Waals surface area (Å²) >= 11 is 0. The van der Waals surface area contributed by atoms with Crippen LogP contribution in [0.25, 0.3) is 0 Å². The summed E-state index contributed by atoms with van der Waals surface area (Å²) in [5, 5.41) is 0. The van der Waals surface area contributed by atoms with Crippen LogP contribution in [0.1, 0.15) is 252 Å². The summed E-state index contributed by atoms with van der Waals surface area (Å²) in [6.07, 6.45) is 21.7. The molecule has 2 saturated heterocycles. The molecule has 3 heterocycles. The molecule has 6 unspecified atom stereocenters. The van der Waals surface area contributed by atoms with E-state index in [-0.39, 0.29) is 11.0 Å². The quantitative estimate of drug-likeness (QED) is 0.242. The lowest BCUT2D eigenvalue weighted by Crippen LogP contribution is -2.61. The van der Waals surface area contributed by atoms with E-state index in [4.69, 9.17) is 0 Å². The lowest BCUT2D eigenvalue weighted by molar-refractivity contribution is -0.0530. The lowest BCUT2D eigenvalue weighted by atomic mass is 9.69. The fourth-order valence-electron chi connectivity index (χ4n) is 11.9. The summed E-state index contributed by atoms with van der Waals surface area (Å²) in [4.78, 5) is 9.77. The summed E-state index contributed by atoms with van der Waals surface area (Å²) in [6.45, 7) is 70.8. The Morgan fingerprint density at radius 3 is 1.14 bits per heavy atom. The Bertz CT molecular complexity index is 1620. The molecule has 2 fully saturated rings. The van der Waals surface area contributed by atoms with Crippen molar-refractivity contribution in [3.8, 4) is 0 Å². The van der Waals surface area contributed by atoms with E-state index in [1.54, 1.807) is 11.1 Å². The molecule has 384 valence electrons. The largest absolute Gasteiger partial charge is 0.329 e. The molecule has 4 nitrogen and oxygen atoms in total. The van der Waals surface area contributed by atoms with Gasteiger partial charge < -0.3 is 4.57 Å². The van der Waals surface area contributed by atoms with Crippen LogP contribution < -0.4 is 0 Å². The van der Waals surface area contributed by atoms with Crippen molar-refractivity contribution in [2.24, 2.45) is 50.2 Å². The first kappa shape index (κ1) is 60.5. The van der Waals surface area contributed by atoms with Crippen LogP contribution in [0.4, 0.5) is 0 Å². The molecule has 1 aromatic rings. The highest BCUT2D eigenvalue weighted by Gasteiger charge is 2.51. The molecule has 6 atom stereocenters. The van der Waals surface area contributed by atoms with Crippen molar-refractivity contribution >= 4 is 0 Å². The van der Waals surface area contributed by atoms with Crippen LogP contribution in [-0.2, 0) is 11.0 Å². The Balaban J connectivity index is 0.000000284. The average Bonchev–Trinajstić information content (AvgIpc) is 3.88. The maximum atomic E-state index is 4.42. The van der Waals surface area contributed by atoms with Crippen molar-refractivity contribution < 1.29 is 0 Å². The molecular formula is C62H116N4. The number of allylic oxidation sites excluding steroid dienone is 4. The maximum Gasteiger partial charge on any atom is 0.114 e. The number of aromatic nitrogens is 2. The number of imidazole rings is 1. The first-order valence-corrected chi connectivity index (χ1v) is 26.8. The maximum absolute atomic E-state index is 4.42. The van der Waals surface area contributed by atoms with Gasteiger partial charge in [0.15, 0.2) is 0 Å². The van der Waals surface area contributed by atoms with Crippen LogP contribution in [0.3, 0.4) is 0 Å². The van der Waals surface area contributed by atoms with Crippen LogP contribution in [0.15, 0.2) is 47.8 Å². The highest BCUT2D eigenvalue weighted by molar-refractivity contribution is 5.23. The van der Waals surface area contributed by atoms with Crippen molar-refractivity contribution in [1.82, 2.24) is 19.4 Å². The fraction of sp³-hybridized carbons (Fsp3) is 0.855. The third-order valence-corrected chi connectivity index (χ3v) is 14.9. The Morgan fingerprint density at radius 1 is 0.470 bits per heavy atom. The number of fused-ring (bicyclic) bond motifs is 2. The van der Waals surface area contributed by atoms with Crippen molar-refractivity contribution in [2.45, 2.75) is 286 Å². The van der Waals surface area contributed by atoms with E-state index in [2.05, 4.69) is 258 Å². The topological polar surface area (TPSA) is 24.3 Å². The van der Waals surface area contributed by atoms with Gasteiger partial charge in [0.05, 0.1) is 0 Å². The third-order valence-electron chi connectivity index (χ3n) is 14.9. The van der Waals surface area contributed by atoms with Gasteiger partial charge in [0, 0.05) is 59.1 Å². The molecular weight excluding hydrogens is 801 g/mol. The minimum Gasteiger partial charge on any atom is -0.329 e. The number of rotatable bonds is 0. The van der Waals surface area contributed by atoms with Gasteiger partial charge in [-0.25, -0.2) is 4.98 Å². The van der Waals surface area contributed by atoms with E-state index in [9.17, 15) is 0 Å². The van der Waals surface area contributed by atoms with E-state index in [1.807, 2.05) is 6.20 Å². The second kappa shape index (κ2) is 21.0. The molecule has 2 aliphatic heterocycles. The summed E-state index contributed by atoms with van der Waals surface area (Å²) in [5.41, 5.74) is 6.71. The summed E-state index contributed by atoms with van der Waals surface area (Å²) < 4.78 is 2.24. The molecule has 0 radical (unpaired) electrons. The van der Waals surface area contributed by atoms with Gasteiger partial charge in [-0.1, -0.05) is 181 Å². The summed E-state index contributed by atoms with van der Waals surface area (Å²) in [7, 11) is 0. The minimum atomic E-state index is 0.122. The number of nitrogens with zero attached hydrogens (tertiary/aromatic N) is 4. The zero-order chi connectivity index (χ0) is 51.8. The van der Waals surface area contributed by atoms with Crippen LogP contribution in [0.5, 0.6) is 0 Å². The molecule has 0 saturated carbocycles. The normalized spacial score (nSPS) is 25.6. The second-order valence-electron chi connectivity index (χ2n) is 31.6. The Morgan fingerprint density at radius 2 is 0.909 bits per heavy atom. The molecule has 0 spiro atoms. The van der Waals surface area contributed by atoms with Crippen LogP contribution in [0, 0.1) is 50.2 Å². The van der Waals surface area contributed by atoms with Gasteiger partial charge in [-0.05, 0) is 151 Å². The predicted octanol–water partition coefficient (Wildman–Crippen LogP) is 18.1. The fourth-order valence-corrected chi connectivity index (χ4v) is 11.9.